The van der Waals surface area contributed by atoms with Crippen molar-refractivity contribution in [2.45, 2.75) is 12.5 Å². The molecule has 0 amide bonds. The van der Waals surface area contributed by atoms with E-state index in [9.17, 15) is 0 Å². The van der Waals surface area contributed by atoms with Crippen LogP contribution in [-0.2, 0) is 0 Å². The zero-order valence-corrected chi connectivity index (χ0v) is 13.0. The highest BCUT2D eigenvalue weighted by atomic mass is 35.5. The van der Waals surface area contributed by atoms with Crippen molar-refractivity contribution in [1.82, 2.24) is 5.32 Å². The molecule has 0 saturated heterocycles. The zero-order chi connectivity index (χ0) is 14.8. The Morgan fingerprint density at radius 1 is 1.10 bits per heavy atom. The smallest absolute Gasteiger partial charge is 0.193 e. The summed E-state index contributed by atoms with van der Waals surface area (Å²) >= 11 is 12.2. The van der Waals surface area contributed by atoms with E-state index in [0.717, 1.165) is 12.0 Å². The lowest BCUT2D eigenvalue weighted by molar-refractivity contribution is 0.297. The SMILES string of the molecule is CNC(c1ccc(Cl)o1)c1cc2c(cc1Cl)OCCCO2. The Morgan fingerprint density at radius 3 is 2.43 bits per heavy atom. The fraction of sp³-hybridized carbons (Fsp3) is 0.333. The van der Waals surface area contributed by atoms with Crippen LogP contribution < -0.4 is 14.8 Å². The van der Waals surface area contributed by atoms with E-state index in [1.807, 2.05) is 19.2 Å². The van der Waals surface area contributed by atoms with Gasteiger partial charge in [-0.1, -0.05) is 11.6 Å². The Bertz CT molecular complexity index is 642. The summed E-state index contributed by atoms with van der Waals surface area (Å²) in [6.07, 6.45) is 0.852. The number of benzene rings is 1. The topological polar surface area (TPSA) is 43.6 Å². The van der Waals surface area contributed by atoms with Crippen LogP contribution in [0.3, 0.4) is 0 Å². The molecule has 2 heterocycles. The highest BCUT2D eigenvalue weighted by Gasteiger charge is 2.22. The minimum absolute atomic E-state index is 0.206. The van der Waals surface area contributed by atoms with E-state index in [0.29, 0.717) is 40.7 Å². The first-order chi connectivity index (χ1) is 10.2. The van der Waals surface area contributed by atoms with Crippen LogP contribution in [0, 0.1) is 0 Å². The molecule has 0 spiro atoms. The van der Waals surface area contributed by atoms with E-state index >= 15 is 0 Å². The first-order valence-electron chi connectivity index (χ1n) is 6.70. The molecule has 0 fully saturated rings. The first kappa shape index (κ1) is 14.6. The predicted molar refractivity (Wildman–Crippen MR) is 81.7 cm³/mol. The average molecular weight is 328 g/mol. The fourth-order valence-electron chi connectivity index (χ4n) is 2.36. The van der Waals surface area contributed by atoms with Gasteiger partial charge in [0.1, 0.15) is 5.76 Å². The van der Waals surface area contributed by atoms with Gasteiger partial charge < -0.3 is 19.2 Å². The van der Waals surface area contributed by atoms with E-state index in [1.54, 1.807) is 12.1 Å². The first-order valence-corrected chi connectivity index (χ1v) is 7.46. The number of rotatable bonds is 3. The number of halogens is 2. The van der Waals surface area contributed by atoms with Gasteiger partial charge in [-0.15, -0.1) is 0 Å². The molecule has 1 aliphatic heterocycles. The summed E-state index contributed by atoms with van der Waals surface area (Å²) in [5.41, 5.74) is 0.856. The summed E-state index contributed by atoms with van der Waals surface area (Å²) in [6, 6.07) is 7.00. The molecule has 2 aromatic rings. The van der Waals surface area contributed by atoms with Crippen molar-refractivity contribution in [3.8, 4) is 11.5 Å². The molecule has 1 N–H and O–H groups in total. The summed E-state index contributed by atoms with van der Waals surface area (Å²) in [5.74, 6) is 2.07. The molecule has 112 valence electrons. The van der Waals surface area contributed by atoms with E-state index in [4.69, 9.17) is 37.1 Å². The van der Waals surface area contributed by atoms with Gasteiger partial charge in [-0.2, -0.15) is 0 Å². The van der Waals surface area contributed by atoms with Gasteiger partial charge in [-0.05, 0) is 42.4 Å². The van der Waals surface area contributed by atoms with Crippen LogP contribution in [0.15, 0.2) is 28.7 Å². The van der Waals surface area contributed by atoms with Gasteiger partial charge in [0.15, 0.2) is 16.7 Å². The summed E-state index contributed by atoms with van der Waals surface area (Å²) in [4.78, 5) is 0. The normalized spacial score (nSPS) is 15.6. The van der Waals surface area contributed by atoms with Gasteiger partial charge in [0.2, 0.25) is 0 Å². The monoisotopic (exact) mass is 327 g/mol. The molecule has 0 saturated carbocycles. The Kier molecular flexibility index (Phi) is 4.29. The maximum absolute atomic E-state index is 6.39. The van der Waals surface area contributed by atoms with Crippen LogP contribution in [0.2, 0.25) is 10.2 Å². The van der Waals surface area contributed by atoms with Crippen LogP contribution in [-0.4, -0.2) is 20.3 Å². The van der Waals surface area contributed by atoms with Crippen molar-refractivity contribution in [2.24, 2.45) is 0 Å². The van der Waals surface area contributed by atoms with Gasteiger partial charge in [0, 0.05) is 17.5 Å². The van der Waals surface area contributed by atoms with Crippen molar-refractivity contribution in [2.75, 3.05) is 20.3 Å². The average Bonchev–Trinajstić information content (AvgIpc) is 2.76. The summed E-state index contributed by atoms with van der Waals surface area (Å²) in [6.45, 7) is 1.26. The molecule has 21 heavy (non-hydrogen) atoms. The molecule has 0 radical (unpaired) electrons. The Hall–Kier alpha value is -1.36. The third kappa shape index (κ3) is 2.98. The summed E-state index contributed by atoms with van der Waals surface area (Å²) < 4.78 is 16.8. The fourth-order valence-corrected chi connectivity index (χ4v) is 2.77. The molecule has 1 aromatic carbocycles. The molecular weight excluding hydrogens is 313 g/mol. The molecular formula is C15H15Cl2NO3. The third-order valence-corrected chi connectivity index (χ3v) is 3.88. The van der Waals surface area contributed by atoms with E-state index in [-0.39, 0.29) is 6.04 Å². The molecule has 1 unspecified atom stereocenters. The Balaban J connectivity index is 2.02. The van der Waals surface area contributed by atoms with Crippen LogP contribution in [0.4, 0.5) is 0 Å². The minimum atomic E-state index is -0.206. The molecule has 1 atom stereocenters. The Morgan fingerprint density at radius 2 is 1.81 bits per heavy atom. The second kappa shape index (κ2) is 6.18. The second-order valence-electron chi connectivity index (χ2n) is 4.73. The van der Waals surface area contributed by atoms with Gasteiger partial charge in [0.25, 0.3) is 0 Å². The molecule has 6 heteroatoms. The number of ether oxygens (including phenoxy) is 2. The van der Waals surface area contributed by atoms with Crippen molar-refractivity contribution >= 4 is 23.2 Å². The quantitative estimate of drug-likeness (QED) is 0.923. The number of fused-ring (bicyclic) bond motifs is 1. The van der Waals surface area contributed by atoms with Crippen molar-refractivity contribution in [1.29, 1.82) is 0 Å². The maximum atomic E-state index is 6.39. The lowest BCUT2D eigenvalue weighted by atomic mass is 10.0. The van der Waals surface area contributed by atoms with Crippen molar-refractivity contribution in [3.63, 3.8) is 0 Å². The standard InChI is InChI=1S/C15H15Cl2NO3/c1-18-15(11-3-4-14(17)21-11)9-7-12-13(8-10(9)16)20-6-2-5-19-12/h3-4,7-8,15,18H,2,5-6H2,1H3. The number of nitrogens with one attached hydrogen (secondary N) is 1. The van der Waals surface area contributed by atoms with Crippen LogP contribution >= 0.6 is 23.2 Å². The number of hydrogen-bond donors (Lipinski definition) is 1. The summed E-state index contributed by atoms with van der Waals surface area (Å²) in [5, 5.41) is 4.11. The second-order valence-corrected chi connectivity index (χ2v) is 5.51. The molecule has 1 aliphatic rings. The molecule has 3 rings (SSSR count). The number of hydrogen-bond acceptors (Lipinski definition) is 4. The zero-order valence-electron chi connectivity index (χ0n) is 11.5. The van der Waals surface area contributed by atoms with E-state index in [1.165, 1.54) is 0 Å². The molecule has 0 bridgehead atoms. The van der Waals surface area contributed by atoms with Crippen molar-refractivity contribution in [3.05, 3.63) is 45.8 Å². The van der Waals surface area contributed by atoms with Gasteiger partial charge in [-0.3, -0.25) is 0 Å². The van der Waals surface area contributed by atoms with Gasteiger partial charge in [-0.25, -0.2) is 0 Å². The van der Waals surface area contributed by atoms with Crippen molar-refractivity contribution < 1.29 is 13.9 Å². The lowest BCUT2D eigenvalue weighted by Crippen LogP contribution is -2.17. The predicted octanol–water partition coefficient (Wildman–Crippen LogP) is 4.06. The lowest BCUT2D eigenvalue weighted by Gasteiger charge is -2.18. The molecule has 4 nitrogen and oxygen atoms in total. The Labute approximate surface area is 132 Å². The van der Waals surface area contributed by atoms with Gasteiger partial charge in [0.05, 0.1) is 19.3 Å². The highest BCUT2D eigenvalue weighted by molar-refractivity contribution is 6.31. The largest absolute Gasteiger partial charge is 0.490 e. The summed E-state index contributed by atoms with van der Waals surface area (Å²) in [7, 11) is 1.83. The van der Waals surface area contributed by atoms with Crippen LogP contribution in [0.1, 0.15) is 23.8 Å². The highest BCUT2D eigenvalue weighted by Crippen LogP contribution is 2.39. The van der Waals surface area contributed by atoms with E-state index < -0.39 is 0 Å². The van der Waals surface area contributed by atoms with E-state index in [2.05, 4.69) is 5.32 Å². The third-order valence-electron chi connectivity index (χ3n) is 3.35. The molecule has 0 aliphatic carbocycles. The van der Waals surface area contributed by atoms with Crippen LogP contribution in [0.25, 0.3) is 0 Å². The molecule has 1 aromatic heterocycles. The maximum Gasteiger partial charge on any atom is 0.193 e. The minimum Gasteiger partial charge on any atom is -0.490 e. The van der Waals surface area contributed by atoms with Gasteiger partial charge >= 0.3 is 0 Å². The van der Waals surface area contributed by atoms with Crippen LogP contribution in [0.5, 0.6) is 11.5 Å². The number of furan rings is 1.